The Balaban J connectivity index is 1.41. The second kappa shape index (κ2) is 7.17. The summed E-state index contributed by atoms with van der Waals surface area (Å²) in [5, 5.41) is 0. The summed E-state index contributed by atoms with van der Waals surface area (Å²) >= 11 is 0. The lowest BCUT2D eigenvalue weighted by molar-refractivity contribution is 0.175. The first-order valence-electron chi connectivity index (χ1n) is 8.56. The number of nitrogens with zero attached hydrogens (tertiary/aromatic N) is 1. The van der Waals surface area contributed by atoms with Gasteiger partial charge in [-0.15, -0.1) is 0 Å². The summed E-state index contributed by atoms with van der Waals surface area (Å²) < 4.78 is 5.81. The Morgan fingerprint density at radius 3 is 2.71 bits per heavy atom. The van der Waals surface area contributed by atoms with E-state index in [9.17, 15) is 0 Å². The molecule has 1 aliphatic carbocycles. The van der Waals surface area contributed by atoms with Crippen molar-refractivity contribution in [3.8, 4) is 5.75 Å². The molecule has 1 atom stereocenters. The molecule has 1 saturated heterocycles. The first-order valence-corrected chi connectivity index (χ1v) is 8.56. The van der Waals surface area contributed by atoms with Gasteiger partial charge in [0.2, 0.25) is 0 Å². The third-order valence-corrected chi connectivity index (χ3v) is 5.12. The van der Waals surface area contributed by atoms with E-state index in [-0.39, 0.29) is 0 Å². The van der Waals surface area contributed by atoms with Crippen LogP contribution < -0.4 is 10.5 Å². The third-order valence-electron chi connectivity index (χ3n) is 5.12. The number of para-hydroxylation sites is 2. The number of likely N-dealkylation sites (tertiary alicyclic amines) is 1. The van der Waals surface area contributed by atoms with Crippen molar-refractivity contribution in [2.75, 3.05) is 25.4 Å². The standard InChI is InChI=1S/C18H28N2O/c19-16-9-3-4-11-18(16)21-14-6-13-20-12-5-10-17(20)15-7-1-2-8-15/h3-4,9,11,15,17H,1-2,5-8,10,12-14,19H2. The fourth-order valence-electron chi connectivity index (χ4n) is 4.07. The van der Waals surface area contributed by atoms with Crippen LogP contribution in [-0.2, 0) is 0 Å². The second-order valence-electron chi connectivity index (χ2n) is 6.53. The smallest absolute Gasteiger partial charge is 0.142 e. The van der Waals surface area contributed by atoms with E-state index in [0.717, 1.165) is 36.4 Å². The molecule has 1 heterocycles. The largest absolute Gasteiger partial charge is 0.491 e. The van der Waals surface area contributed by atoms with Gasteiger partial charge in [0.05, 0.1) is 12.3 Å². The molecule has 0 bridgehead atoms. The molecule has 116 valence electrons. The van der Waals surface area contributed by atoms with Crippen LogP contribution in [0.25, 0.3) is 0 Å². The molecule has 2 fully saturated rings. The minimum atomic E-state index is 0.738. The van der Waals surface area contributed by atoms with E-state index in [1.54, 1.807) is 0 Å². The average Bonchev–Trinajstić information content (AvgIpc) is 3.16. The molecule has 21 heavy (non-hydrogen) atoms. The first-order chi connectivity index (χ1) is 10.3. The minimum absolute atomic E-state index is 0.738. The highest BCUT2D eigenvalue weighted by molar-refractivity contribution is 5.51. The van der Waals surface area contributed by atoms with Crippen LogP contribution in [0.2, 0.25) is 0 Å². The van der Waals surface area contributed by atoms with E-state index in [4.69, 9.17) is 10.5 Å². The van der Waals surface area contributed by atoms with Crippen LogP contribution in [0.5, 0.6) is 5.75 Å². The van der Waals surface area contributed by atoms with E-state index < -0.39 is 0 Å². The van der Waals surface area contributed by atoms with E-state index in [1.165, 1.54) is 51.6 Å². The summed E-state index contributed by atoms with van der Waals surface area (Å²) in [5.41, 5.74) is 6.63. The van der Waals surface area contributed by atoms with E-state index in [0.29, 0.717) is 0 Å². The number of nitrogen functional groups attached to an aromatic ring is 1. The van der Waals surface area contributed by atoms with Gasteiger partial charge < -0.3 is 10.5 Å². The van der Waals surface area contributed by atoms with Crippen molar-refractivity contribution in [2.24, 2.45) is 5.92 Å². The third kappa shape index (κ3) is 3.70. The highest BCUT2D eigenvalue weighted by Crippen LogP contribution is 2.35. The lowest BCUT2D eigenvalue weighted by Gasteiger charge is -2.29. The predicted octanol–water partition coefficient (Wildman–Crippen LogP) is 3.69. The summed E-state index contributed by atoms with van der Waals surface area (Å²) in [4.78, 5) is 2.72. The van der Waals surface area contributed by atoms with Gasteiger partial charge in [0.25, 0.3) is 0 Å². The maximum absolute atomic E-state index is 5.89. The molecule has 3 rings (SSSR count). The molecular formula is C18H28N2O. The van der Waals surface area contributed by atoms with Crippen LogP contribution in [0, 0.1) is 5.92 Å². The molecule has 3 heteroatoms. The van der Waals surface area contributed by atoms with Crippen molar-refractivity contribution in [3.63, 3.8) is 0 Å². The molecule has 1 aliphatic heterocycles. The lowest BCUT2D eigenvalue weighted by atomic mass is 9.96. The molecule has 0 radical (unpaired) electrons. The van der Waals surface area contributed by atoms with Crippen molar-refractivity contribution in [2.45, 2.75) is 51.0 Å². The predicted molar refractivity (Wildman–Crippen MR) is 87.5 cm³/mol. The minimum Gasteiger partial charge on any atom is -0.491 e. The first kappa shape index (κ1) is 14.7. The van der Waals surface area contributed by atoms with Gasteiger partial charge in [-0.05, 0) is 56.7 Å². The Labute approximate surface area is 128 Å². The van der Waals surface area contributed by atoms with Crippen LogP contribution in [0.3, 0.4) is 0 Å². The molecule has 2 aliphatic rings. The molecule has 3 nitrogen and oxygen atoms in total. The molecule has 0 amide bonds. The van der Waals surface area contributed by atoms with Gasteiger partial charge in [-0.3, -0.25) is 4.90 Å². The van der Waals surface area contributed by atoms with Gasteiger partial charge in [0.15, 0.2) is 0 Å². The van der Waals surface area contributed by atoms with Crippen LogP contribution >= 0.6 is 0 Å². The van der Waals surface area contributed by atoms with E-state index in [1.807, 2.05) is 24.3 Å². The van der Waals surface area contributed by atoms with Gasteiger partial charge in [0, 0.05) is 12.6 Å². The lowest BCUT2D eigenvalue weighted by Crippen LogP contribution is -2.35. The summed E-state index contributed by atoms with van der Waals surface area (Å²) in [6.45, 7) is 3.23. The van der Waals surface area contributed by atoms with Gasteiger partial charge in [-0.2, -0.15) is 0 Å². The fourth-order valence-corrected chi connectivity index (χ4v) is 4.07. The van der Waals surface area contributed by atoms with Crippen LogP contribution in [0.4, 0.5) is 5.69 Å². The fraction of sp³-hybridized carbons (Fsp3) is 0.667. The van der Waals surface area contributed by atoms with Crippen LogP contribution in [0.1, 0.15) is 44.9 Å². The Bertz CT molecular complexity index is 443. The molecule has 1 aromatic carbocycles. The van der Waals surface area contributed by atoms with E-state index >= 15 is 0 Å². The summed E-state index contributed by atoms with van der Waals surface area (Å²) in [7, 11) is 0. The Kier molecular flexibility index (Phi) is 5.02. The number of anilines is 1. The van der Waals surface area contributed by atoms with Crippen molar-refractivity contribution in [3.05, 3.63) is 24.3 Å². The maximum atomic E-state index is 5.89. The van der Waals surface area contributed by atoms with Crippen LogP contribution in [0.15, 0.2) is 24.3 Å². The summed E-state index contributed by atoms with van der Waals surface area (Å²) in [5.74, 6) is 1.80. The SMILES string of the molecule is Nc1ccccc1OCCCN1CCCC1C1CCCC1. The topological polar surface area (TPSA) is 38.5 Å². The second-order valence-corrected chi connectivity index (χ2v) is 6.53. The Hall–Kier alpha value is -1.22. The monoisotopic (exact) mass is 288 g/mol. The number of hydrogen-bond donors (Lipinski definition) is 1. The van der Waals surface area contributed by atoms with Gasteiger partial charge in [-0.1, -0.05) is 25.0 Å². The number of ether oxygens (including phenoxy) is 1. The molecule has 1 saturated carbocycles. The molecule has 2 N–H and O–H groups in total. The van der Waals surface area contributed by atoms with Crippen molar-refractivity contribution < 1.29 is 4.74 Å². The molecule has 1 unspecified atom stereocenters. The molecule has 0 aromatic heterocycles. The van der Waals surface area contributed by atoms with Crippen molar-refractivity contribution >= 4 is 5.69 Å². The zero-order valence-electron chi connectivity index (χ0n) is 13.0. The van der Waals surface area contributed by atoms with Gasteiger partial charge in [-0.25, -0.2) is 0 Å². The number of nitrogens with two attached hydrogens (primary N) is 1. The average molecular weight is 288 g/mol. The van der Waals surface area contributed by atoms with Gasteiger partial charge in [0.1, 0.15) is 5.75 Å². The van der Waals surface area contributed by atoms with Crippen molar-refractivity contribution in [1.29, 1.82) is 0 Å². The zero-order valence-corrected chi connectivity index (χ0v) is 13.0. The normalized spacial score (nSPS) is 23.7. The van der Waals surface area contributed by atoms with E-state index in [2.05, 4.69) is 4.90 Å². The van der Waals surface area contributed by atoms with Crippen LogP contribution in [-0.4, -0.2) is 30.6 Å². The molecule has 0 spiro atoms. The quantitative estimate of drug-likeness (QED) is 0.641. The maximum Gasteiger partial charge on any atom is 0.142 e. The summed E-state index contributed by atoms with van der Waals surface area (Å²) in [6.07, 6.45) is 9.70. The zero-order chi connectivity index (χ0) is 14.5. The molecular weight excluding hydrogens is 260 g/mol. The number of rotatable bonds is 6. The number of benzene rings is 1. The van der Waals surface area contributed by atoms with Gasteiger partial charge >= 0.3 is 0 Å². The Morgan fingerprint density at radius 1 is 1.10 bits per heavy atom. The highest BCUT2D eigenvalue weighted by atomic mass is 16.5. The Morgan fingerprint density at radius 2 is 1.90 bits per heavy atom. The molecule has 1 aromatic rings. The van der Waals surface area contributed by atoms with Crippen molar-refractivity contribution in [1.82, 2.24) is 4.90 Å². The highest BCUT2D eigenvalue weighted by Gasteiger charge is 2.32. The number of hydrogen-bond acceptors (Lipinski definition) is 3. The summed E-state index contributed by atoms with van der Waals surface area (Å²) in [6, 6.07) is 8.62.